The molecule has 0 aliphatic carbocycles. The highest BCUT2D eigenvalue weighted by atomic mass is 32.2. The summed E-state index contributed by atoms with van der Waals surface area (Å²) in [7, 11) is -2.94. The van der Waals surface area contributed by atoms with Crippen LogP contribution < -0.4 is 0 Å². The number of thiophene rings is 1. The number of hydrogen-bond acceptors (Lipinski definition) is 5. The molecule has 1 aliphatic rings. The minimum absolute atomic E-state index is 0.175. The van der Waals surface area contributed by atoms with E-state index in [9.17, 15) is 8.42 Å². The second-order valence-electron chi connectivity index (χ2n) is 4.40. The molecule has 7 heteroatoms. The number of sulfone groups is 1. The molecule has 0 spiro atoms. The van der Waals surface area contributed by atoms with Crippen molar-refractivity contribution in [3.8, 4) is 10.7 Å². The molecule has 0 saturated heterocycles. The maximum atomic E-state index is 11.6. The second kappa shape index (κ2) is 4.17. The lowest BCUT2D eigenvalue weighted by molar-refractivity contribution is 0.593. The summed E-state index contributed by atoms with van der Waals surface area (Å²) in [5.74, 6) is 1.92. The molecule has 2 aromatic rings. The van der Waals surface area contributed by atoms with Crippen molar-refractivity contribution < 1.29 is 8.42 Å². The minimum atomic E-state index is -2.94. The highest BCUT2D eigenvalue weighted by Crippen LogP contribution is 2.27. The molecule has 0 amide bonds. The first-order chi connectivity index (χ1) is 8.55. The van der Waals surface area contributed by atoms with Gasteiger partial charge in [0.15, 0.2) is 15.7 Å². The van der Waals surface area contributed by atoms with Crippen molar-refractivity contribution >= 4 is 21.2 Å². The van der Waals surface area contributed by atoms with Crippen LogP contribution in [0.2, 0.25) is 0 Å². The average molecular weight is 283 g/mol. The van der Waals surface area contributed by atoms with Gasteiger partial charge in [0.25, 0.3) is 0 Å². The molecular weight excluding hydrogens is 270 g/mol. The fraction of sp³-hybridized carbons (Fsp3) is 0.455. The highest BCUT2D eigenvalue weighted by Gasteiger charge is 2.23. The van der Waals surface area contributed by atoms with Crippen molar-refractivity contribution in [3.05, 3.63) is 22.8 Å². The number of rotatable bonds is 1. The number of aromatic nitrogens is 3. The van der Waals surface area contributed by atoms with E-state index in [1.54, 1.807) is 11.3 Å². The van der Waals surface area contributed by atoms with E-state index < -0.39 is 9.84 Å². The predicted octanol–water partition coefficient (Wildman–Crippen LogP) is 1.29. The Kier molecular flexibility index (Phi) is 2.74. The molecule has 0 fully saturated rings. The minimum Gasteiger partial charge on any atom is -0.309 e. The first-order valence-electron chi connectivity index (χ1n) is 5.74. The molecule has 0 atom stereocenters. The van der Waals surface area contributed by atoms with E-state index in [-0.39, 0.29) is 11.5 Å². The summed E-state index contributed by atoms with van der Waals surface area (Å²) in [5, 5.41) is 8.32. The van der Waals surface area contributed by atoms with E-state index in [4.69, 9.17) is 0 Å². The molecule has 0 bridgehead atoms. The Morgan fingerprint density at radius 2 is 2.11 bits per heavy atom. The maximum Gasteiger partial charge on any atom is 0.174 e. The van der Waals surface area contributed by atoms with Gasteiger partial charge in [-0.15, -0.1) is 21.5 Å². The first-order valence-corrected chi connectivity index (χ1v) is 8.38. The molecular formula is C11H13N3O2S2. The molecule has 0 aromatic carbocycles. The third-order valence-electron chi connectivity index (χ3n) is 3.05. The average Bonchev–Trinajstić information content (AvgIpc) is 2.86. The topological polar surface area (TPSA) is 64.8 Å². The van der Waals surface area contributed by atoms with E-state index in [1.165, 1.54) is 4.88 Å². The van der Waals surface area contributed by atoms with Crippen LogP contribution in [0.1, 0.15) is 10.7 Å². The molecule has 18 heavy (non-hydrogen) atoms. The zero-order chi connectivity index (χ0) is 12.8. The Morgan fingerprint density at radius 3 is 2.83 bits per heavy atom. The molecule has 0 N–H and O–H groups in total. The lowest BCUT2D eigenvalue weighted by Gasteiger charge is -2.04. The van der Waals surface area contributed by atoms with Crippen molar-refractivity contribution in [2.45, 2.75) is 19.9 Å². The van der Waals surface area contributed by atoms with E-state index in [0.717, 1.165) is 16.5 Å². The van der Waals surface area contributed by atoms with Gasteiger partial charge in [-0.2, -0.15) is 0 Å². The van der Waals surface area contributed by atoms with Gasteiger partial charge >= 0.3 is 0 Å². The Bertz CT molecular complexity index is 685. The van der Waals surface area contributed by atoms with Gasteiger partial charge in [0.05, 0.1) is 16.4 Å². The molecule has 5 nitrogen and oxygen atoms in total. The van der Waals surface area contributed by atoms with Crippen LogP contribution in [0.25, 0.3) is 10.7 Å². The third kappa shape index (κ3) is 2.08. The SMILES string of the molecule is Cc1ccc(-c2nnc3n2CCS(=O)(=O)CC3)s1. The molecule has 0 radical (unpaired) electrons. The number of aryl methyl sites for hydroxylation is 2. The molecule has 0 unspecified atom stereocenters. The number of nitrogens with zero attached hydrogens (tertiary/aromatic N) is 3. The summed E-state index contributed by atoms with van der Waals surface area (Å²) in [6.45, 7) is 2.50. The highest BCUT2D eigenvalue weighted by molar-refractivity contribution is 7.91. The van der Waals surface area contributed by atoms with Gasteiger partial charge in [-0.25, -0.2) is 8.42 Å². The van der Waals surface area contributed by atoms with Gasteiger partial charge in [-0.1, -0.05) is 0 Å². The van der Waals surface area contributed by atoms with Crippen molar-refractivity contribution in [3.63, 3.8) is 0 Å². The Morgan fingerprint density at radius 1 is 1.28 bits per heavy atom. The van der Waals surface area contributed by atoms with Crippen LogP contribution >= 0.6 is 11.3 Å². The van der Waals surface area contributed by atoms with E-state index in [1.807, 2.05) is 23.6 Å². The summed E-state index contributed by atoms with van der Waals surface area (Å²) in [6.07, 6.45) is 0.458. The van der Waals surface area contributed by atoms with Crippen LogP contribution in [-0.2, 0) is 22.8 Å². The van der Waals surface area contributed by atoms with Crippen molar-refractivity contribution in [1.82, 2.24) is 14.8 Å². The first kappa shape index (κ1) is 11.9. The van der Waals surface area contributed by atoms with Crippen LogP contribution in [0.5, 0.6) is 0 Å². The van der Waals surface area contributed by atoms with E-state index >= 15 is 0 Å². The fourth-order valence-electron chi connectivity index (χ4n) is 2.07. The standard InChI is InChI=1S/C11H13N3O2S2/c1-8-2-3-9(17-8)11-13-12-10-4-6-18(15,16)7-5-14(10)11/h2-3H,4-7H2,1H3. The van der Waals surface area contributed by atoms with Crippen molar-refractivity contribution in [2.75, 3.05) is 11.5 Å². The van der Waals surface area contributed by atoms with Gasteiger partial charge < -0.3 is 4.57 Å². The third-order valence-corrected chi connectivity index (χ3v) is 5.68. The van der Waals surface area contributed by atoms with Crippen LogP contribution in [-0.4, -0.2) is 34.7 Å². The Balaban J connectivity index is 2.03. The van der Waals surface area contributed by atoms with Gasteiger partial charge in [0.1, 0.15) is 5.82 Å². The smallest absolute Gasteiger partial charge is 0.174 e. The lowest BCUT2D eigenvalue weighted by Crippen LogP contribution is -2.12. The second-order valence-corrected chi connectivity index (χ2v) is 8.00. The molecule has 3 heterocycles. The van der Waals surface area contributed by atoms with Crippen LogP contribution in [0.15, 0.2) is 12.1 Å². The molecule has 96 valence electrons. The van der Waals surface area contributed by atoms with Crippen LogP contribution in [0.3, 0.4) is 0 Å². The summed E-state index contributed by atoms with van der Waals surface area (Å²) >= 11 is 1.65. The zero-order valence-electron chi connectivity index (χ0n) is 9.96. The summed E-state index contributed by atoms with van der Waals surface area (Å²) < 4.78 is 25.2. The van der Waals surface area contributed by atoms with Gasteiger partial charge in [0.2, 0.25) is 0 Å². The van der Waals surface area contributed by atoms with Crippen molar-refractivity contribution in [2.24, 2.45) is 0 Å². The predicted molar refractivity (Wildman–Crippen MR) is 70.4 cm³/mol. The molecule has 2 aromatic heterocycles. The number of hydrogen-bond donors (Lipinski definition) is 0. The van der Waals surface area contributed by atoms with Crippen LogP contribution in [0, 0.1) is 6.92 Å². The Hall–Kier alpha value is -1.21. The zero-order valence-corrected chi connectivity index (χ0v) is 11.6. The monoisotopic (exact) mass is 283 g/mol. The summed E-state index contributed by atoms with van der Waals surface area (Å²) in [4.78, 5) is 2.26. The van der Waals surface area contributed by atoms with E-state index in [0.29, 0.717) is 13.0 Å². The quantitative estimate of drug-likeness (QED) is 0.791. The van der Waals surface area contributed by atoms with Gasteiger partial charge in [-0.3, -0.25) is 0 Å². The maximum absolute atomic E-state index is 11.6. The largest absolute Gasteiger partial charge is 0.309 e. The summed E-state index contributed by atoms with van der Waals surface area (Å²) in [5.41, 5.74) is 0. The van der Waals surface area contributed by atoms with Crippen LogP contribution in [0.4, 0.5) is 0 Å². The van der Waals surface area contributed by atoms with Gasteiger partial charge in [0, 0.05) is 17.8 Å². The number of fused-ring (bicyclic) bond motifs is 1. The Labute approximate surface area is 109 Å². The van der Waals surface area contributed by atoms with Gasteiger partial charge in [-0.05, 0) is 19.1 Å². The molecule has 1 aliphatic heterocycles. The molecule has 3 rings (SSSR count). The molecule has 0 saturated carbocycles. The summed E-state index contributed by atoms with van der Waals surface area (Å²) in [6, 6.07) is 4.05. The normalized spacial score (nSPS) is 18.3. The van der Waals surface area contributed by atoms with Crippen molar-refractivity contribution in [1.29, 1.82) is 0 Å². The fourth-order valence-corrected chi connectivity index (χ4v) is 4.09. The lowest BCUT2D eigenvalue weighted by atomic mass is 10.4. The van der Waals surface area contributed by atoms with E-state index in [2.05, 4.69) is 10.2 Å².